The van der Waals surface area contributed by atoms with Crippen LogP contribution in [0.1, 0.15) is 19.4 Å². The molecule has 5 heteroatoms. The SMILES string of the molecule is COc1ccccc1Sc1ncc(CNCC(C)C)cn1. The minimum absolute atomic E-state index is 0.645. The van der Waals surface area contributed by atoms with Crippen molar-refractivity contribution in [3.05, 3.63) is 42.2 Å². The molecule has 0 radical (unpaired) electrons. The Bertz CT molecular complexity index is 558. The number of hydrogen-bond donors (Lipinski definition) is 1. The van der Waals surface area contributed by atoms with E-state index in [2.05, 4.69) is 29.1 Å². The van der Waals surface area contributed by atoms with Crippen molar-refractivity contribution in [2.24, 2.45) is 5.92 Å². The van der Waals surface area contributed by atoms with Crippen molar-refractivity contribution in [2.75, 3.05) is 13.7 Å². The van der Waals surface area contributed by atoms with E-state index in [-0.39, 0.29) is 0 Å². The highest BCUT2D eigenvalue weighted by atomic mass is 32.2. The molecule has 2 aromatic rings. The molecule has 1 aromatic carbocycles. The van der Waals surface area contributed by atoms with Gasteiger partial charge in [-0.2, -0.15) is 0 Å². The van der Waals surface area contributed by atoms with Crippen molar-refractivity contribution >= 4 is 11.8 Å². The lowest BCUT2D eigenvalue weighted by Gasteiger charge is -2.08. The maximum Gasteiger partial charge on any atom is 0.192 e. The second kappa shape index (κ2) is 8.00. The van der Waals surface area contributed by atoms with E-state index in [0.29, 0.717) is 5.92 Å². The van der Waals surface area contributed by atoms with Crippen molar-refractivity contribution in [1.82, 2.24) is 15.3 Å². The Kier molecular flexibility index (Phi) is 6.02. The van der Waals surface area contributed by atoms with E-state index >= 15 is 0 Å². The molecule has 4 nitrogen and oxygen atoms in total. The summed E-state index contributed by atoms with van der Waals surface area (Å²) < 4.78 is 5.33. The number of rotatable bonds is 7. The van der Waals surface area contributed by atoms with Crippen LogP contribution in [0.4, 0.5) is 0 Å². The molecule has 0 aliphatic heterocycles. The molecule has 1 heterocycles. The van der Waals surface area contributed by atoms with Crippen molar-refractivity contribution in [1.29, 1.82) is 0 Å². The molecular weight excluding hydrogens is 282 g/mol. The van der Waals surface area contributed by atoms with Crippen LogP contribution in [-0.2, 0) is 6.54 Å². The van der Waals surface area contributed by atoms with E-state index < -0.39 is 0 Å². The number of methoxy groups -OCH3 is 1. The molecule has 0 saturated heterocycles. The van der Waals surface area contributed by atoms with Gasteiger partial charge in [0.15, 0.2) is 5.16 Å². The first-order valence-corrected chi connectivity index (χ1v) is 7.83. The average molecular weight is 303 g/mol. The highest BCUT2D eigenvalue weighted by molar-refractivity contribution is 7.99. The predicted molar refractivity (Wildman–Crippen MR) is 85.7 cm³/mol. The summed E-state index contributed by atoms with van der Waals surface area (Å²) in [6.45, 7) is 6.18. The van der Waals surface area contributed by atoms with E-state index in [4.69, 9.17) is 4.74 Å². The number of para-hydroxylation sites is 1. The molecule has 0 aliphatic rings. The van der Waals surface area contributed by atoms with Gasteiger partial charge in [0.2, 0.25) is 0 Å². The third-order valence-electron chi connectivity index (χ3n) is 2.83. The molecule has 0 saturated carbocycles. The summed E-state index contributed by atoms with van der Waals surface area (Å²) in [4.78, 5) is 9.83. The summed E-state index contributed by atoms with van der Waals surface area (Å²) in [6.07, 6.45) is 3.75. The Morgan fingerprint density at radius 3 is 2.57 bits per heavy atom. The zero-order valence-corrected chi connectivity index (χ0v) is 13.5. The zero-order chi connectivity index (χ0) is 15.1. The second-order valence-electron chi connectivity index (χ2n) is 5.15. The molecule has 2 rings (SSSR count). The summed E-state index contributed by atoms with van der Waals surface area (Å²) in [5, 5.41) is 4.11. The summed E-state index contributed by atoms with van der Waals surface area (Å²) in [5.41, 5.74) is 1.10. The lowest BCUT2D eigenvalue weighted by Crippen LogP contribution is -2.19. The quantitative estimate of drug-likeness (QED) is 0.795. The Morgan fingerprint density at radius 1 is 1.19 bits per heavy atom. The summed E-state index contributed by atoms with van der Waals surface area (Å²) in [6, 6.07) is 7.87. The molecule has 0 aliphatic carbocycles. The number of ether oxygens (including phenoxy) is 1. The molecule has 1 aromatic heterocycles. The molecule has 0 bridgehead atoms. The molecule has 21 heavy (non-hydrogen) atoms. The van der Waals surface area contributed by atoms with Crippen LogP contribution in [0.5, 0.6) is 5.75 Å². The van der Waals surface area contributed by atoms with Gasteiger partial charge in [-0.3, -0.25) is 0 Å². The fourth-order valence-electron chi connectivity index (χ4n) is 1.79. The van der Waals surface area contributed by atoms with Gasteiger partial charge >= 0.3 is 0 Å². The van der Waals surface area contributed by atoms with Gasteiger partial charge in [0.25, 0.3) is 0 Å². The van der Waals surface area contributed by atoms with Gasteiger partial charge in [-0.25, -0.2) is 9.97 Å². The van der Waals surface area contributed by atoms with Gasteiger partial charge in [-0.05, 0) is 36.4 Å². The summed E-state index contributed by atoms with van der Waals surface area (Å²) >= 11 is 1.51. The van der Waals surface area contributed by atoms with Gasteiger partial charge < -0.3 is 10.1 Å². The first-order valence-electron chi connectivity index (χ1n) is 7.01. The van der Waals surface area contributed by atoms with E-state index in [1.165, 1.54) is 11.8 Å². The first-order chi connectivity index (χ1) is 10.2. The zero-order valence-electron chi connectivity index (χ0n) is 12.7. The van der Waals surface area contributed by atoms with Crippen molar-refractivity contribution in [3.8, 4) is 5.75 Å². The predicted octanol–water partition coefficient (Wildman–Crippen LogP) is 3.38. The highest BCUT2D eigenvalue weighted by Gasteiger charge is 2.06. The van der Waals surface area contributed by atoms with Crippen molar-refractivity contribution < 1.29 is 4.74 Å². The molecule has 0 spiro atoms. The van der Waals surface area contributed by atoms with E-state index in [9.17, 15) is 0 Å². The standard InChI is InChI=1S/C16H21N3OS/c1-12(2)8-17-9-13-10-18-16(19-11-13)21-15-7-5-4-6-14(15)20-3/h4-7,10-12,17H,8-9H2,1-3H3. The Morgan fingerprint density at radius 2 is 1.90 bits per heavy atom. The average Bonchev–Trinajstić information content (AvgIpc) is 2.49. The summed E-state index contributed by atoms with van der Waals surface area (Å²) in [7, 11) is 1.67. The summed E-state index contributed by atoms with van der Waals surface area (Å²) in [5.74, 6) is 1.49. The number of nitrogens with zero attached hydrogens (tertiary/aromatic N) is 2. The Balaban J connectivity index is 1.96. The number of aromatic nitrogens is 2. The van der Waals surface area contributed by atoms with E-state index in [1.54, 1.807) is 7.11 Å². The van der Waals surface area contributed by atoms with Crippen LogP contribution in [0.2, 0.25) is 0 Å². The first kappa shape index (κ1) is 15.8. The fraction of sp³-hybridized carbons (Fsp3) is 0.375. The Hall–Kier alpha value is -1.59. The van der Waals surface area contributed by atoms with Crippen LogP contribution in [0.3, 0.4) is 0 Å². The van der Waals surface area contributed by atoms with Gasteiger partial charge in [0, 0.05) is 24.5 Å². The maximum absolute atomic E-state index is 5.33. The van der Waals surface area contributed by atoms with E-state index in [0.717, 1.165) is 34.5 Å². The van der Waals surface area contributed by atoms with Crippen LogP contribution in [0.25, 0.3) is 0 Å². The smallest absolute Gasteiger partial charge is 0.192 e. The lowest BCUT2D eigenvalue weighted by molar-refractivity contribution is 0.405. The van der Waals surface area contributed by atoms with Crippen LogP contribution < -0.4 is 10.1 Å². The molecule has 0 fully saturated rings. The van der Waals surface area contributed by atoms with Crippen molar-refractivity contribution in [2.45, 2.75) is 30.4 Å². The third kappa shape index (κ3) is 5.02. The molecular formula is C16H21N3OS. The van der Waals surface area contributed by atoms with Crippen molar-refractivity contribution in [3.63, 3.8) is 0 Å². The van der Waals surface area contributed by atoms with Gasteiger partial charge in [0.05, 0.1) is 12.0 Å². The molecule has 0 atom stereocenters. The van der Waals surface area contributed by atoms with Crippen LogP contribution in [0, 0.1) is 5.92 Å². The van der Waals surface area contributed by atoms with E-state index in [1.807, 2.05) is 36.7 Å². The third-order valence-corrected chi connectivity index (χ3v) is 3.78. The second-order valence-corrected chi connectivity index (χ2v) is 6.16. The lowest BCUT2D eigenvalue weighted by atomic mass is 10.2. The van der Waals surface area contributed by atoms with Gasteiger partial charge in [0.1, 0.15) is 5.75 Å². The molecule has 0 amide bonds. The van der Waals surface area contributed by atoms with Crippen LogP contribution in [0.15, 0.2) is 46.7 Å². The minimum atomic E-state index is 0.645. The van der Waals surface area contributed by atoms with Crippen LogP contribution >= 0.6 is 11.8 Å². The minimum Gasteiger partial charge on any atom is -0.496 e. The largest absolute Gasteiger partial charge is 0.496 e. The monoisotopic (exact) mass is 303 g/mol. The number of hydrogen-bond acceptors (Lipinski definition) is 5. The maximum atomic E-state index is 5.33. The van der Waals surface area contributed by atoms with Gasteiger partial charge in [-0.15, -0.1) is 0 Å². The Labute approximate surface area is 130 Å². The van der Waals surface area contributed by atoms with Crippen LogP contribution in [-0.4, -0.2) is 23.6 Å². The molecule has 112 valence electrons. The number of nitrogens with one attached hydrogen (secondary N) is 1. The van der Waals surface area contributed by atoms with Gasteiger partial charge in [-0.1, -0.05) is 26.0 Å². The molecule has 0 unspecified atom stereocenters. The normalized spacial score (nSPS) is 10.9. The fourth-order valence-corrected chi connectivity index (χ4v) is 2.60. The number of benzene rings is 1. The highest BCUT2D eigenvalue weighted by Crippen LogP contribution is 2.32. The molecule has 1 N–H and O–H groups in total. The topological polar surface area (TPSA) is 47.0 Å².